The van der Waals surface area contributed by atoms with Crippen LogP contribution < -0.4 is 10.1 Å². The fourth-order valence-corrected chi connectivity index (χ4v) is 3.33. The molecule has 0 unspecified atom stereocenters. The van der Waals surface area contributed by atoms with E-state index in [0.717, 1.165) is 23.8 Å². The van der Waals surface area contributed by atoms with Crippen LogP contribution in [0, 0.1) is 6.92 Å². The quantitative estimate of drug-likeness (QED) is 0.926. The number of likely N-dealkylation sites (tertiary alicyclic amines) is 1. The third kappa shape index (κ3) is 3.34. The number of piperidine rings is 1. The minimum atomic E-state index is -0.133. The van der Waals surface area contributed by atoms with E-state index in [1.807, 2.05) is 32.0 Å². The smallest absolute Gasteiger partial charge is 0.289 e. The lowest BCUT2D eigenvalue weighted by molar-refractivity contribution is -0.121. The molecule has 6 nitrogen and oxygen atoms in total. The highest BCUT2D eigenvalue weighted by molar-refractivity contribution is 6.00. The molecule has 2 aromatic rings. The molecular weight excluding hydrogens is 320 g/mol. The summed E-state index contributed by atoms with van der Waals surface area (Å²) in [6.07, 6.45) is 2.21. The third-order valence-electron chi connectivity index (χ3n) is 4.74. The number of fused-ring (bicyclic) bond motifs is 1. The minimum absolute atomic E-state index is 0.00405. The first kappa shape index (κ1) is 17.3. The van der Waals surface area contributed by atoms with Gasteiger partial charge in [0.15, 0.2) is 17.1 Å². The molecule has 0 aliphatic carbocycles. The average Bonchev–Trinajstić information content (AvgIpc) is 2.98. The van der Waals surface area contributed by atoms with Crippen LogP contribution in [-0.4, -0.2) is 43.0 Å². The molecule has 2 amide bonds. The molecule has 3 rings (SSSR count). The highest BCUT2D eigenvalue weighted by Gasteiger charge is 2.29. The first-order valence-electron chi connectivity index (χ1n) is 8.69. The van der Waals surface area contributed by atoms with Crippen molar-refractivity contribution in [3.05, 3.63) is 29.5 Å². The third-order valence-corrected chi connectivity index (χ3v) is 4.74. The Balaban J connectivity index is 1.84. The summed E-state index contributed by atoms with van der Waals surface area (Å²) < 4.78 is 11.2. The summed E-state index contributed by atoms with van der Waals surface area (Å²) in [5.41, 5.74) is 1.41. The largest absolute Gasteiger partial charge is 0.493 e. The molecule has 0 saturated carbocycles. The van der Waals surface area contributed by atoms with Crippen LogP contribution >= 0.6 is 0 Å². The Bertz CT molecular complexity index is 796. The Hall–Kier alpha value is -2.50. The minimum Gasteiger partial charge on any atom is -0.493 e. The summed E-state index contributed by atoms with van der Waals surface area (Å²) in [5.74, 6) is 0.850. The van der Waals surface area contributed by atoms with Gasteiger partial charge in [-0.2, -0.15) is 0 Å². The fraction of sp³-hybridized carbons (Fsp3) is 0.474. The van der Waals surface area contributed by atoms with Gasteiger partial charge in [-0.25, -0.2) is 0 Å². The average molecular weight is 344 g/mol. The standard InChI is InChI=1S/C19H24N2O4/c1-4-16(22)20-13-7-6-10-21(11-13)19(23)17-12(2)14-8-5-9-15(24-3)18(14)25-17/h5,8-9,13H,4,6-7,10-11H2,1-3H3,(H,20,22)/t13-/m0/s1. The zero-order chi connectivity index (χ0) is 18.0. The topological polar surface area (TPSA) is 71.8 Å². The zero-order valence-electron chi connectivity index (χ0n) is 14.9. The number of nitrogens with one attached hydrogen (secondary N) is 1. The van der Waals surface area contributed by atoms with Crippen LogP contribution in [0.4, 0.5) is 0 Å². The van der Waals surface area contributed by atoms with Gasteiger partial charge in [0.2, 0.25) is 5.91 Å². The van der Waals surface area contributed by atoms with E-state index in [-0.39, 0.29) is 17.9 Å². The van der Waals surface area contributed by atoms with Gasteiger partial charge in [0.25, 0.3) is 5.91 Å². The molecule has 25 heavy (non-hydrogen) atoms. The molecule has 1 atom stereocenters. The van der Waals surface area contributed by atoms with Crippen LogP contribution in [0.25, 0.3) is 11.0 Å². The van der Waals surface area contributed by atoms with Crippen molar-refractivity contribution in [1.82, 2.24) is 10.2 Å². The number of ether oxygens (including phenoxy) is 1. The van der Waals surface area contributed by atoms with Crippen molar-refractivity contribution in [1.29, 1.82) is 0 Å². The van der Waals surface area contributed by atoms with Gasteiger partial charge in [-0.05, 0) is 25.8 Å². The van der Waals surface area contributed by atoms with E-state index < -0.39 is 0 Å². The molecule has 1 aliphatic rings. The first-order chi connectivity index (χ1) is 12.0. The van der Waals surface area contributed by atoms with Crippen LogP contribution in [-0.2, 0) is 4.79 Å². The molecular formula is C19H24N2O4. The molecule has 1 aromatic heterocycles. The number of nitrogens with zero attached hydrogens (tertiary/aromatic N) is 1. The van der Waals surface area contributed by atoms with E-state index in [2.05, 4.69) is 5.32 Å². The summed E-state index contributed by atoms with van der Waals surface area (Å²) in [6, 6.07) is 5.63. The van der Waals surface area contributed by atoms with E-state index in [1.54, 1.807) is 12.0 Å². The van der Waals surface area contributed by atoms with Gasteiger partial charge in [0.05, 0.1) is 7.11 Å². The summed E-state index contributed by atoms with van der Waals surface area (Å²) in [6.45, 7) is 4.90. The number of amides is 2. The fourth-order valence-electron chi connectivity index (χ4n) is 3.33. The Morgan fingerprint density at radius 3 is 2.92 bits per heavy atom. The lowest BCUT2D eigenvalue weighted by Crippen LogP contribution is -2.49. The van der Waals surface area contributed by atoms with Crippen LogP contribution in [0.15, 0.2) is 22.6 Å². The van der Waals surface area contributed by atoms with Gasteiger partial charge in [-0.3, -0.25) is 9.59 Å². The number of rotatable bonds is 4. The van der Waals surface area contributed by atoms with E-state index in [0.29, 0.717) is 36.6 Å². The molecule has 1 aliphatic heterocycles. The van der Waals surface area contributed by atoms with Crippen LogP contribution in [0.1, 0.15) is 42.3 Å². The Kier molecular flexibility index (Phi) is 4.97. The maximum absolute atomic E-state index is 13.0. The van der Waals surface area contributed by atoms with Crippen LogP contribution in [0.3, 0.4) is 0 Å². The van der Waals surface area contributed by atoms with Gasteiger partial charge in [-0.15, -0.1) is 0 Å². The van der Waals surface area contributed by atoms with Crippen molar-refractivity contribution in [2.45, 2.75) is 39.2 Å². The Morgan fingerprint density at radius 1 is 1.40 bits per heavy atom. The molecule has 134 valence electrons. The molecule has 1 saturated heterocycles. The summed E-state index contributed by atoms with van der Waals surface area (Å²) >= 11 is 0. The second-order valence-electron chi connectivity index (χ2n) is 6.40. The number of hydrogen-bond donors (Lipinski definition) is 1. The van der Waals surface area contributed by atoms with E-state index in [1.165, 1.54) is 0 Å². The van der Waals surface area contributed by atoms with Gasteiger partial charge in [0.1, 0.15) is 0 Å². The number of furan rings is 1. The zero-order valence-corrected chi connectivity index (χ0v) is 14.9. The number of methoxy groups -OCH3 is 1. The van der Waals surface area contributed by atoms with Gasteiger partial charge in [0, 0.05) is 36.5 Å². The summed E-state index contributed by atoms with van der Waals surface area (Å²) in [4.78, 5) is 26.4. The van der Waals surface area contributed by atoms with Crippen LogP contribution in [0.2, 0.25) is 0 Å². The second-order valence-corrected chi connectivity index (χ2v) is 6.40. The molecule has 0 radical (unpaired) electrons. The number of aryl methyl sites for hydroxylation is 1. The van der Waals surface area contributed by atoms with Crippen molar-refractivity contribution in [2.24, 2.45) is 0 Å². The maximum Gasteiger partial charge on any atom is 0.289 e. The Morgan fingerprint density at radius 2 is 2.20 bits per heavy atom. The van der Waals surface area contributed by atoms with Crippen molar-refractivity contribution in [3.8, 4) is 5.75 Å². The molecule has 2 heterocycles. The highest BCUT2D eigenvalue weighted by atomic mass is 16.5. The number of carbonyl (C=O) groups excluding carboxylic acids is 2. The lowest BCUT2D eigenvalue weighted by Gasteiger charge is -2.32. The van der Waals surface area contributed by atoms with E-state index in [9.17, 15) is 9.59 Å². The van der Waals surface area contributed by atoms with Crippen molar-refractivity contribution < 1.29 is 18.7 Å². The number of carbonyl (C=O) groups is 2. The van der Waals surface area contributed by atoms with Crippen molar-refractivity contribution in [2.75, 3.05) is 20.2 Å². The van der Waals surface area contributed by atoms with Gasteiger partial charge >= 0.3 is 0 Å². The van der Waals surface area contributed by atoms with Crippen LogP contribution in [0.5, 0.6) is 5.75 Å². The molecule has 6 heteroatoms. The predicted octanol–water partition coefficient (Wildman–Crippen LogP) is 2.88. The van der Waals surface area contributed by atoms with E-state index >= 15 is 0 Å². The number of benzene rings is 1. The number of para-hydroxylation sites is 1. The highest BCUT2D eigenvalue weighted by Crippen LogP contribution is 2.33. The second kappa shape index (κ2) is 7.17. The molecule has 1 fully saturated rings. The normalized spacial score (nSPS) is 17.6. The van der Waals surface area contributed by atoms with Gasteiger partial charge < -0.3 is 19.4 Å². The molecule has 0 bridgehead atoms. The SMILES string of the molecule is CCC(=O)N[C@H]1CCCN(C(=O)c2oc3c(OC)cccc3c2C)C1. The maximum atomic E-state index is 13.0. The predicted molar refractivity (Wildman–Crippen MR) is 94.9 cm³/mol. The summed E-state index contributed by atoms with van der Waals surface area (Å²) in [5, 5.41) is 3.87. The van der Waals surface area contributed by atoms with E-state index in [4.69, 9.17) is 9.15 Å². The summed E-state index contributed by atoms with van der Waals surface area (Å²) in [7, 11) is 1.58. The van der Waals surface area contributed by atoms with Crippen molar-refractivity contribution in [3.63, 3.8) is 0 Å². The van der Waals surface area contributed by atoms with Gasteiger partial charge in [-0.1, -0.05) is 19.1 Å². The monoisotopic (exact) mass is 344 g/mol. The number of hydrogen-bond acceptors (Lipinski definition) is 4. The first-order valence-corrected chi connectivity index (χ1v) is 8.69. The van der Waals surface area contributed by atoms with Crippen molar-refractivity contribution >= 4 is 22.8 Å². The molecule has 1 aromatic carbocycles. The molecule has 0 spiro atoms. The Labute approximate surface area is 147 Å². The molecule has 1 N–H and O–H groups in total. The lowest BCUT2D eigenvalue weighted by atomic mass is 10.0.